The van der Waals surface area contributed by atoms with Crippen molar-refractivity contribution in [3.05, 3.63) is 46.5 Å². The second-order valence-corrected chi connectivity index (χ2v) is 7.24. The average Bonchev–Trinajstić information content (AvgIpc) is 3.01. The van der Waals surface area contributed by atoms with Crippen molar-refractivity contribution in [1.82, 2.24) is 9.88 Å². The molecule has 1 saturated heterocycles. The quantitative estimate of drug-likeness (QED) is 0.859. The van der Waals surface area contributed by atoms with Crippen LogP contribution >= 0.6 is 11.3 Å². The largest absolute Gasteiger partial charge is 0.369 e. The van der Waals surface area contributed by atoms with E-state index in [1.54, 1.807) is 4.90 Å². The van der Waals surface area contributed by atoms with Crippen molar-refractivity contribution >= 4 is 28.3 Å². The summed E-state index contributed by atoms with van der Waals surface area (Å²) >= 11 is 1.38. The van der Waals surface area contributed by atoms with Crippen molar-refractivity contribution in [2.75, 3.05) is 18.4 Å². The summed E-state index contributed by atoms with van der Waals surface area (Å²) in [5, 5.41) is 4.02. The Balaban J connectivity index is 1.62. The summed E-state index contributed by atoms with van der Waals surface area (Å²) in [7, 11) is 0. The Labute approximate surface area is 151 Å². The fraction of sp³-hybridized carbons (Fsp3) is 0.389. The van der Waals surface area contributed by atoms with Crippen LogP contribution in [-0.4, -0.2) is 34.8 Å². The summed E-state index contributed by atoms with van der Waals surface area (Å²) in [6.07, 6.45) is 1.27. The second-order valence-electron chi connectivity index (χ2n) is 6.24. The van der Waals surface area contributed by atoms with E-state index in [-0.39, 0.29) is 17.7 Å². The number of primary amides is 1. The first-order valence-electron chi connectivity index (χ1n) is 8.38. The zero-order valence-corrected chi connectivity index (χ0v) is 15.0. The number of nitrogens with two attached hydrogens (primary N) is 1. The molecule has 1 aromatic carbocycles. The van der Waals surface area contributed by atoms with Crippen molar-refractivity contribution in [3.63, 3.8) is 0 Å². The summed E-state index contributed by atoms with van der Waals surface area (Å²) < 4.78 is 0. The van der Waals surface area contributed by atoms with Gasteiger partial charge in [-0.3, -0.25) is 9.59 Å². The predicted molar refractivity (Wildman–Crippen MR) is 98.4 cm³/mol. The maximum atomic E-state index is 12.7. The van der Waals surface area contributed by atoms with Crippen LogP contribution in [0.1, 0.15) is 33.8 Å². The first kappa shape index (κ1) is 17.4. The lowest BCUT2D eigenvalue weighted by atomic mass is 9.96. The van der Waals surface area contributed by atoms with Crippen molar-refractivity contribution in [2.45, 2.75) is 26.3 Å². The Morgan fingerprint density at radius 1 is 1.28 bits per heavy atom. The van der Waals surface area contributed by atoms with E-state index >= 15 is 0 Å². The first-order chi connectivity index (χ1) is 12.0. The molecule has 0 unspecified atom stereocenters. The Bertz CT molecular complexity index is 752. The number of aryl methyl sites for hydroxylation is 1. The first-order valence-corrected chi connectivity index (χ1v) is 9.20. The maximum Gasteiger partial charge on any atom is 0.265 e. The molecule has 25 heavy (non-hydrogen) atoms. The molecule has 3 N–H and O–H groups in total. The summed E-state index contributed by atoms with van der Waals surface area (Å²) in [6.45, 7) is 3.66. The Kier molecular flexibility index (Phi) is 5.33. The number of benzene rings is 1. The second kappa shape index (κ2) is 7.65. The fourth-order valence-corrected chi connectivity index (χ4v) is 3.88. The molecule has 1 fully saturated rings. The molecule has 2 aromatic rings. The van der Waals surface area contributed by atoms with E-state index in [1.807, 2.05) is 37.3 Å². The molecule has 1 aliphatic heterocycles. The van der Waals surface area contributed by atoms with Crippen LogP contribution in [0, 0.1) is 12.8 Å². The molecule has 0 saturated carbocycles. The van der Waals surface area contributed by atoms with Crippen molar-refractivity contribution in [3.8, 4) is 0 Å². The number of anilines is 1. The number of thiazole rings is 1. The zero-order valence-electron chi connectivity index (χ0n) is 14.2. The van der Waals surface area contributed by atoms with Gasteiger partial charge in [0.05, 0.1) is 5.69 Å². The number of rotatable bonds is 5. The van der Waals surface area contributed by atoms with Gasteiger partial charge in [-0.05, 0) is 25.3 Å². The van der Waals surface area contributed by atoms with Gasteiger partial charge in [0.1, 0.15) is 4.88 Å². The molecule has 0 radical (unpaired) electrons. The van der Waals surface area contributed by atoms with E-state index in [4.69, 9.17) is 5.73 Å². The third-order valence-corrected chi connectivity index (χ3v) is 5.57. The van der Waals surface area contributed by atoms with Crippen LogP contribution in [0.2, 0.25) is 0 Å². The van der Waals surface area contributed by atoms with Crippen LogP contribution in [0.5, 0.6) is 0 Å². The minimum atomic E-state index is -0.270. The number of nitrogens with zero attached hydrogens (tertiary/aromatic N) is 2. The standard InChI is InChI=1S/C18H22N4O2S/c1-12-15(17(24)22-9-7-14(8-10-22)16(19)23)25-18(21-12)20-11-13-5-3-2-4-6-13/h2-6,14H,7-11H2,1H3,(H2,19,23)(H,20,21). The molecule has 0 aliphatic carbocycles. The number of hydrogen-bond acceptors (Lipinski definition) is 5. The lowest BCUT2D eigenvalue weighted by Gasteiger charge is -2.30. The molecule has 7 heteroatoms. The highest BCUT2D eigenvalue weighted by molar-refractivity contribution is 7.17. The minimum Gasteiger partial charge on any atom is -0.369 e. The Morgan fingerprint density at radius 3 is 2.60 bits per heavy atom. The van der Waals surface area contributed by atoms with E-state index in [2.05, 4.69) is 10.3 Å². The Morgan fingerprint density at radius 2 is 1.96 bits per heavy atom. The highest BCUT2D eigenvalue weighted by Crippen LogP contribution is 2.26. The lowest BCUT2D eigenvalue weighted by Crippen LogP contribution is -2.41. The van der Waals surface area contributed by atoms with Gasteiger partial charge in [0.2, 0.25) is 5.91 Å². The highest BCUT2D eigenvalue weighted by atomic mass is 32.1. The molecule has 3 rings (SSSR count). The molecule has 6 nitrogen and oxygen atoms in total. The van der Waals surface area contributed by atoms with Crippen LogP contribution < -0.4 is 11.1 Å². The van der Waals surface area contributed by atoms with Gasteiger partial charge in [0.25, 0.3) is 5.91 Å². The molecular weight excluding hydrogens is 336 g/mol. The van der Waals surface area contributed by atoms with Crippen LogP contribution in [-0.2, 0) is 11.3 Å². The number of nitrogens with one attached hydrogen (secondary N) is 1. The fourth-order valence-electron chi connectivity index (χ4n) is 2.95. The monoisotopic (exact) mass is 358 g/mol. The van der Waals surface area contributed by atoms with Gasteiger partial charge in [-0.2, -0.15) is 0 Å². The van der Waals surface area contributed by atoms with Gasteiger partial charge in [0.15, 0.2) is 5.13 Å². The van der Waals surface area contributed by atoms with Crippen molar-refractivity contribution in [2.24, 2.45) is 11.7 Å². The Hall–Kier alpha value is -2.41. The molecule has 2 heterocycles. The molecular formula is C18H22N4O2S. The topological polar surface area (TPSA) is 88.3 Å². The molecule has 132 valence electrons. The third-order valence-electron chi connectivity index (χ3n) is 4.46. The van der Waals surface area contributed by atoms with Gasteiger partial charge in [0, 0.05) is 25.6 Å². The van der Waals surface area contributed by atoms with Gasteiger partial charge < -0.3 is 16.0 Å². The number of carbonyl (C=O) groups excluding carboxylic acids is 2. The van der Waals surface area contributed by atoms with E-state index in [0.29, 0.717) is 37.4 Å². The number of hydrogen-bond donors (Lipinski definition) is 2. The van der Waals surface area contributed by atoms with Crippen LogP contribution in [0.15, 0.2) is 30.3 Å². The minimum absolute atomic E-state index is 0.00863. The van der Waals surface area contributed by atoms with E-state index in [9.17, 15) is 9.59 Å². The lowest BCUT2D eigenvalue weighted by molar-refractivity contribution is -0.123. The summed E-state index contributed by atoms with van der Waals surface area (Å²) in [4.78, 5) is 30.9. The predicted octanol–water partition coefficient (Wildman–Crippen LogP) is 2.40. The molecule has 0 bridgehead atoms. The summed E-state index contributed by atoms with van der Waals surface area (Å²) in [5.41, 5.74) is 7.25. The third kappa shape index (κ3) is 4.17. The van der Waals surface area contributed by atoms with Crippen molar-refractivity contribution < 1.29 is 9.59 Å². The van der Waals surface area contributed by atoms with Gasteiger partial charge in [-0.25, -0.2) is 4.98 Å². The molecule has 1 aliphatic rings. The summed E-state index contributed by atoms with van der Waals surface area (Å²) in [6, 6.07) is 10.1. The normalized spacial score (nSPS) is 15.2. The number of amides is 2. The van der Waals surface area contributed by atoms with E-state index in [0.717, 1.165) is 16.4 Å². The molecule has 1 aromatic heterocycles. The van der Waals surface area contributed by atoms with Crippen LogP contribution in [0.3, 0.4) is 0 Å². The number of piperidine rings is 1. The van der Waals surface area contributed by atoms with Crippen molar-refractivity contribution in [1.29, 1.82) is 0 Å². The summed E-state index contributed by atoms with van der Waals surface area (Å²) in [5.74, 6) is -0.395. The maximum absolute atomic E-state index is 12.7. The number of likely N-dealkylation sites (tertiary alicyclic amines) is 1. The van der Waals surface area contributed by atoms with Gasteiger partial charge in [-0.1, -0.05) is 41.7 Å². The number of aromatic nitrogens is 1. The van der Waals surface area contributed by atoms with Crippen LogP contribution in [0.4, 0.5) is 5.13 Å². The van der Waals surface area contributed by atoms with Crippen LogP contribution in [0.25, 0.3) is 0 Å². The SMILES string of the molecule is Cc1nc(NCc2ccccc2)sc1C(=O)N1CCC(C(N)=O)CC1. The van der Waals surface area contributed by atoms with E-state index in [1.165, 1.54) is 11.3 Å². The highest BCUT2D eigenvalue weighted by Gasteiger charge is 2.28. The zero-order chi connectivity index (χ0) is 17.8. The van der Waals surface area contributed by atoms with E-state index < -0.39 is 0 Å². The van der Waals surface area contributed by atoms with Gasteiger partial charge in [-0.15, -0.1) is 0 Å². The van der Waals surface area contributed by atoms with Gasteiger partial charge >= 0.3 is 0 Å². The smallest absolute Gasteiger partial charge is 0.265 e. The average molecular weight is 358 g/mol. The molecule has 0 spiro atoms. The molecule has 2 amide bonds. The number of carbonyl (C=O) groups is 2. The molecule has 0 atom stereocenters.